The number of hydrogen-bond donors (Lipinski definition) is 3. The zero-order valence-corrected chi connectivity index (χ0v) is 19.4. The molecule has 178 valence electrons. The SMILES string of the molecule is CN1CCN(Cc2ccc(NC(=O)c3cncc(C#Cc4cnc(/C=C\C=N)[nH]4)c3)cc2F)CC1. The Hall–Kier alpha value is -4.13. The fraction of sp³-hybridized carbons (Fsp3) is 0.231. The second-order valence-corrected chi connectivity index (χ2v) is 8.26. The predicted octanol–water partition coefficient (Wildman–Crippen LogP) is 3.01. The number of carbonyl (C=O) groups excluding carboxylic acids is 1. The lowest BCUT2D eigenvalue weighted by Crippen LogP contribution is -2.44. The van der Waals surface area contributed by atoms with E-state index in [4.69, 9.17) is 5.41 Å². The number of rotatable bonds is 6. The Labute approximate surface area is 203 Å². The van der Waals surface area contributed by atoms with Crippen molar-refractivity contribution < 1.29 is 9.18 Å². The summed E-state index contributed by atoms with van der Waals surface area (Å²) < 4.78 is 14.7. The van der Waals surface area contributed by atoms with E-state index in [1.165, 1.54) is 12.3 Å². The largest absolute Gasteiger partial charge is 0.332 e. The number of anilines is 1. The number of aromatic amines is 1. The van der Waals surface area contributed by atoms with Crippen molar-refractivity contribution in [1.29, 1.82) is 5.41 Å². The maximum absolute atomic E-state index is 14.7. The average Bonchev–Trinajstić information content (AvgIpc) is 3.32. The van der Waals surface area contributed by atoms with Crippen LogP contribution in [0.2, 0.25) is 0 Å². The molecule has 1 amide bonds. The zero-order valence-electron chi connectivity index (χ0n) is 19.4. The molecule has 0 radical (unpaired) electrons. The molecular formula is C26H26FN7O. The molecule has 0 aliphatic carbocycles. The number of benzene rings is 1. The van der Waals surface area contributed by atoms with Crippen LogP contribution in [0.15, 0.2) is 48.9 Å². The van der Waals surface area contributed by atoms with Gasteiger partial charge in [-0.25, -0.2) is 9.37 Å². The van der Waals surface area contributed by atoms with Crippen molar-refractivity contribution in [2.24, 2.45) is 0 Å². The van der Waals surface area contributed by atoms with Crippen molar-refractivity contribution in [1.82, 2.24) is 24.8 Å². The van der Waals surface area contributed by atoms with Crippen LogP contribution in [0.25, 0.3) is 6.08 Å². The lowest BCUT2D eigenvalue weighted by molar-refractivity contribution is 0.102. The number of amides is 1. The summed E-state index contributed by atoms with van der Waals surface area (Å²) in [6, 6.07) is 6.41. The number of piperazine rings is 1. The van der Waals surface area contributed by atoms with E-state index in [2.05, 4.69) is 49.0 Å². The van der Waals surface area contributed by atoms with Crippen molar-refractivity contribution >= 4 is 23.9 Å². The molecule has 3 aromatic rings. The summed E-state index contributed by atoms with van der Waals surface area (Å²) in [5.74, 6) is 5.74. The van der Waals surface area contributed by atoms with Gasteiger partial charge in [-0.3, -0.25) is 14.7 Å². The van der Waals surface area contributed by atoms with Gasteiger partial charge < -0.3 is 20.6 Å². The van der Waals surface area contributed by atoms with Crippen LogP contribution in [0.1, 0.15) is 33.0 Å². The molecule has 1 saturated heterocycles. The number of carbonyl (C=O) groups is 1. The molecule has 1 aliphatic heterocycles. The summed E-state index contributed by atoms with van der Waals surface area (Å²) >= 11 is 0. The number of nitrogens with zero attached hydrogens (tertiary/aromatic N) is 4. The van der Waals surface area contributed by atoms with E-state index in [1.54, 1.807) is 42.7 Å². The van der Waals surface area contributed by atoms with Crippen molar-refractivity contribution in [3.63, 3.8) is 0 Å². The van der Waals surface area contributed by atoms with Crippen molar-refractivity contribution in [3.05, 3.63) is 83.0 Å². The molecule has 1 fully saturated rings. The number of likely N-dealkylation sites (N-methyl/N-ethyl adjacent to an activating group) is 1. The van der Waals surface area contributed by atoms with Crippen LogP contribution >= 0.6 is 0 Å². The minimum Gasteiger partial charge on any atom is -0.332 e. The van der Waals surface area contributed by atoms with Gasteiger partial charge >= 0.3 is 0 Å². The van der Waals surface area contributed by atoms with Crippen LogP contribution in [-0.4, -0.2) is 70.1 Å². The van der Waals surface area contributed by atoms with Crippen LogP contribution in [0.3, 0.4) is 0 Å². The summed E-state index contributed by atoms with van der Waals surface area (Å²) in [5, 5.41) is 9.74. The van der Waals surface area contributed by atoms with Gasteiger partial charge in [-0.1, -0.05) is 12.0 Å². The maximum atomic E-state index is 14.7. The number of aromatic nitrogens is 3. The third kappa shape index (κ3) is 6.69. The van der Waals surface area contributed by atoms with Gasteiger partial charge in [0.15, 0.2) is 0 Å². The molecule has 0 spiro atoms. The molecule has 1 aromatic carbocycles. The second kappa shape index (κ2) is 11.3. The molecule has 0 saturated carbocycles. The lowest BCUT2D eigenvalue weighted by Gasteiger charge is -2.32. The van der Waals surface area contributed by atoms with E-state index in [-0.39, 0.29) is 5.82 Å². The molecular weight excluding hydrogens is 445 g/mol. The summed E-state index contributed by atoms with van der Waals surface area (Å²) in [6.45, 7) is 4.31. The smallest absolute Gasteiger partial charge is 0.257 e. The number of allylic oxidation sites excluding steroid dienone is 1. The van der Waals surface area contributed by atoms with Gasteiger partial charge in [0.25, 0.3) is 5.91 Å². The van der Waals surface area contributed by atoms with Crippen LogP contribution < -0.4 is 5.32 Å². The van der Waals surface area contributed by atoms with Crippen LogP contribution in [0.4, 0.5) is 10.1 Å². The standard InChI is InChI=1S/C26H26FN7O/c1-33-9-11-34(12-10-33)18-20-5-7-22(14-24(20)27)32-26(35)21-13-19(15-29-16-21)4-6-23-17-30-25(31-23)3-2-8-28/h2-3,5,7-8,13-17,28H,9-12,18H2,1H3,(H,30,31)(H,32,35)/b3-2-,28-8?. The Morgan fingerprint density at radius 2 is 2.03 bits per heavy atom. The minimum atomic E-state index is -0.395. The molecule has 2 aromatic heterocycles. The van der Waals surface area contributed by atoms with Crippen LogP contribution in [0, 0.1) is 23.1 Å². The quantitative estimate of drug-likeness (QED) is 0.379. The number of H-pyrrole nitrogens is 1. The van der Waals surface area contributed by atoms with E-state index < -0.39 is 5.91 Å². The van der Waals surface area contributed by atoms with E-state index >= 15 is 0 Å². The number of nitrogens with one attached hydrogen (secondary N) is 3. The van der Waals surface area contributed by atoms with Gasteiger partial charge in [0, 0.05) is 68.1 Å². The van der Waals surface area contributed by atoms with Gasteiger partial charge in [0.1, 0.15) is 17.3 Å². The summed E-state index contributed by atoms with van der Waals surface area (Å²) in [6.07, 6.45) is 8.95. The monoisotopic (exact) mass is 471 g/mol. The average molecular weight is 472 g/mol. The normalized spacial score (nSPS) is 14.5. The summed E-state index contributed by atoms with van der Waals surface area (Å²) in [7, 11) is 2.09. The number of pyridine rings is 1. The molecule has 0 atom stereocenters. The fourth-order valence-corrected chi connectivity index (χ4v) is 3.60. The minimum absolute atomic E-state index is 0.318. The Morgan fingerprint density at radius 3 is 2.80 bits per heavy atom. The topological polar surface area (TPSA) is 101 Å². The van der Waals surface area contributed by atoms with Gasteiger partial charge in [-0.2, -0.15) is 0 Å². The Kier molecular flexibility index (Phi) is 7.77. The first-order chi connectivity index (χ1) is 17.0. The van der Waals surface area contributed by atoms with Crippen molar-refractivity contribution in [2.45, 2.75) is 6.54 Å². The molecule has 3 N–H and O–H groups in total. The van der Waals surface area contributed by atoms with Gasteiger partial charge in [-0.05, 0) is 43.3 Å². The number of hydrogen-bond acceptors (Lipinski definition) is 6. The zero-order chi connectivity index (χ0) is 24.6. The third-order valence-corrected chi connectivity index (χ3v) is 5.59. The predicted molar refractivity (Wildman–Crippen MR) is 134 cm³/mol. The molecule has 9 heteroatoms. The van der Waals surface area contributed by atoms with E-state index in [0.717, 1.165) is 32.4 Å². The Balaban J connectivity index is 1.39. The van der Waals surface area contributed by atoms with Crippen LogP contribution in [0.5, 0.6) is 0 Å². The lowest BCUT2D eigenvalue weighted by atomic mass is 10.1. The van der Waals surface area contributed by atoms with E-state index in [0.29, 0.717) is 40.4 Å². The highest BCUT2D eigenvalue weighted by atomic mass is 19.1. The first kappa shape index (κ1) is 24.0. The molecule has 3 heterocycles. The Bertz CT molecular complexity index is 1300. The van der Waals surface area contributed by atoms with Gasteiger partial charge in [0.2, 0.25) is 0 Å². The molecule has 4 rings (SSSR count). The fourth-order valence-electron chi connectivity index (χ4n) is 3.60. The summed E-state index contributed by atoms with van der Waals surface area (Å²) in [5.41, 5.74) is 2.46. The molecule has 35 heavy (non-hydrogen) atoms. The summed E-state index contributed by atoms with van der Waals surface area (Å²) in [4.78, 5) is 28.5. The molecule has 0 unspecified atom stereocenters. The van der Waals surface area contributed by atoms with Gasteiger partial charge in [0.05, 0.1) is 11.8 Å². The Morgan fingerprint density at radius 1 is 1.20 bits per heavy atom. The number of halogens is 1. The third-order valence-electron chi connectivity index (χ3n) is 5.59. The molecule has 8 nitrogen and oxygen atoms in total. The first-order valence-corrected chi connectivity index (χ1v) is 11.2. The first-order valence-electron chi connectivity index (χ1n) is 11.2. The molecule has 0 bridgehead atoms. The molecule has 1 aliphatic rings. The highest BCUT2D eigenvalue weighted by molar-refractivity contribution is 6.04. The van der Waals surface area contributed by atoms with Gasteiger partial charge in [-0.15, -0.1) is 0 Å². The van der Waals surface area contributed by atoms with Crippen molar-refractivity contribution in [2.75, 3.05) is 38.5 Å². The van der Waals surface area contributed by atoms with Crippen LogP contribution in [-0.2, 0) is 6.54 Å². The number of imidazole rings is 1. The maximum Gasteiger partial charge on any atom is 0.257 e. The highest BCUT2D eigenvalue weighted by Gasteiger charge is 2.16. The second-order valence-electron chi connectivity index (χ2n) is 8.26. The highest BCUT2D eigenvalue weighted by Crippen LogP contribution is 2.18. The van der Waals surface area contributed by atoms with E-state index in [1.807, 2.05) is 0 Å². The van der Waals surface area contributed by atoms with E-state index in [9.17, 15) is 9.18 Å². The van der Waals surface area contributed by atoms with Crippen molar-refractivity contribution in [3.8, 4) is 11.8 Å².